The molecular formula is C10H11F2N3S. The van der Waals surface area contributed by atoms with Gasteiger partial charge in [0.1, 0.15) is 17.0 Å². The van der Waals surface area contributed by atoms with Gasteiger partial charge < -0.3 is 5.32 Å². The second kappa shape index (κ2) is 4.29. The fraction of sp³-hybridized carbons (Fsp3) is 0.400. The van der Waals surface area contributed by atoms with E-state index in [1.807, 2.05) is 13.8 Å². The molecule has 2 aromatic heterocycles. The SMILES string of the molecule is Cc1sc2ncnc(NCC(F)F)c2c1C. The molecule has 0 spiro atoms. The number of aryl methyl sites for hydroxylation is 2. The summed E-state index contributed by atoms with van der Waals surface area (Å²) in [6.45, 7) is 3.55. The molecule has 0 atom stereocenters. The number of nitrogens with one attached hydrogen (secondary N) is 1. The van der Waals surface area contributed by atoms with Crippen molar-refractivity contribution < 1.29 is 8.78 Å². The maximum Gasteiger partial charge on any atom is 0.255 e. The molecule has 0 aliphatic heterocycles. The molecule has 0 unspecified atom stereocenters. The number of alkyl halides is 2. The van der Waals surface area contributed by atoms with E-state index in [0.29, 0.717) is 5.82 Å². The van der Waals surface area contributed by atoms with Crippen LogP contribution in [-0.2, 0) is 0 Å². The molecule has 2 rings (SSSR count). The first-order valence-corrected chi connectivity index (χ1v) is 5.64. The van der Waals surface area contributed by atoms with Gasteiger partial charge in [0.15, 0.2) is 0 Å². The van der Waals surface area contributed by atoms with Crippen LogP contribution >= 0.6 is 11.3 Å². The number of rotatable bonds is 3. The van der Waals surface area contributed by atoms with Crippen molar-refractivity contribution in [2.75, 3.05) is 11.9 Å². The normalized spacial score (nSPS) is 11.3. The number of fused-ring (bicyclic) bond motifs is 1. The molecule has 0 radical (unpaired) electrons. The number of nitrogens with zero attached hydrogens (tertiary/aromatic N) is 2. The summed E-state index contributed by atoms with van der Waals surface area (Å²) >= 11 is 1.55. The van der Waals surface area contributed by atoms with E-state index in [4.69, 9.17) is 0 Å². The van der Waals surface area contributed by atoms with Gasteiger partial charge >= 0.3 is 0 Å². The van der Waals surface area contributed by atoms with Crippen molar-refractivity contribution in [3.63, 3.8) is 0 Å². The lowest BCUT2D eigenvalue weighted by molar-refractivity contribution is 0.163. The second-order valence-corrected chi connectivity index (χ2v) is 4.66. The van der Waals surface area contributed by atoms with Gasteiger partial charge in [0.05, 0.1) is 11.9 Å². The Morgan fingerprint density at radius 1 is 1.38 bits per heavy atom. The molecule has 2 aromatic rings. The van der Waals surface area contributed by atoms with Crippen LogP contribution in [0.3, 0.4) is 0 Å². The first kappa shape index (κ1) is 11.2. The molecule has 2 heterocycles. The highest BCUT2D eigenvalue weighted by molar-refractivity contribution is 7.18. The van der Waals surface area contributed by atoms with Gasteiger partial charge in [0, 0.05) is 4.88 Å². The largest absolute Gasteiger partial charge is 0.364 e. The molecule has 0 aliphatic rings. The van der Waals surface area contributed by atoms with E-state index < -0.39 is 6.43 Å². The molecule has 6 heteroatoms. The fourth-order valence-electron chi connectivity index (χ4n) is 1.49. The van der Waals surface area contributed by atoms with E-state index in [2.05, 4.69) is 15.3 Å². The lowest BCUT2D eigenvalue weighted by Gasteiger charge is -2.05. The summed E-state index contributed by atoms with van der Waals surface area (Å²) in [5.41, 5.74) is 1.05. The van der Waals surface area contributed by atoms with E-state index >= 15 is 0 Å². The smallest absolute Gasteiger partial charge is 0.255 e. The predicted octanol–water partition coefficient (Wildman–Crippen LogP) is 2.99. The van der Waals surface area contributed by atoms with Gasteiger partial charge in [-0.1, -0.05) is 0 Å². The van der Waals surface area contributed by atoms with Gasteiger partial charge in [-0.25, -0.2) is 18.7 Å². The van der Waals surface area contributed by atoms with Crippen LogP contribution in [0.15, 0.2) is 6.33 Å². The number of thiophene rings is 1. The zero-order valence-electron chi connectivity index (χ0n) is 8.92. The first-order chi connectivity index (χ1) is 7.59. The Morgan fingerprint density at radius 2 is 2.12 bits per heavy atom. The monoisotopic (exact) mass is 243 g/mol. The average Bonchev–Trinajstić information content (AvgIpc) is 2.52. The van der Waals surface area contributed by atoms with Crippen LogP contribution < -0.4 is 5.32 Å². The van der Waals surface area contributed by atoms with Gasteiger partial charge in [-0.2, -0.15) is 0 Å². The Balaban J connectivity index is 2.44. The Hall–Kier alpha value is -1.30. The van der Waals surface area contributed by atoms with E-state index in [0.717, 1.165) is 20.7 Å². The number of hydrogen-bond acceptors (Lipinski definition) is 4. The molecule has 86 valence electrons. The zero-order chi connectivity index (χ0) is 11.7. The summed E-state index contributed by atoms with van der Waals surface area (Å²) < 4.78 is 24.2. The number of halogens is 2. The van der Waals surface area contributed by atoms with Crippen molar-refractivity contribution in [1.29, 1.82) is 0 Å². The fourth-order valence-corrected chi connectivity index (χ4v) is 2.49. The Labute approximate surface area is 95.5 Å². The minimum absolute atomic E-state index is 0.388. The zero-order valence-corrected chi connectivity index (χ0v) is 9.74. The van der Waals surface area contributed by atoms with E-state index in [-0.39, 0.29) is 6.54 Å². The highest BCUT2D eigenvalue weighted by Gasteiger charge is 2.12. The van der Waals surface area contributed by atoms with Crippen LogP contribution in [0.5, 0.6) is 0 Å². The lowest BCUT2D eigenvalue weighted by Crippen LogP contribution is -2.11. The van der Waals surface area contributed by atoms with Gasteiger partial charge in [0.25, 0.3) is 6.43 Å². The quantitative estimate of drug-likeness (QED) is 0.900. The van der Waals surface area contributed by atoms with E-state index in [9.17, 15) is 8.78 Å². The summed E-state index contributed by atoms with van der Waals surface area (Å²) in [6.07, 6.45) is -0.990. The van der Waals surface area contributed by atoms with Crippen LogP contribution in [-0.4, -0.2) is 22.9 Å². The summed E-state index contributed by atoms with van der Waals surface area (Å²) in [6, 6.07) is 0. The first-order valence-electron chi connectivity index (χ1n) is 4.82. The summed E-state index contributed by atoms with van der Waals surface area (Å²) in [7, 11) is 0. The topological polar surface area (TPSA) is 37.8 Å². The molecule has 0 aromatic carbocycles. The van der Waals surface area contributed by atoms with Crippen molar-refractivity contribution in [1.82, 2.24) is 9.97 Å². The number of hydrogen-bond donors (Lipinski definition) is 1. The summed E-state index contributed by atoms with van der Waals surface area (Å²) in [5, 5.41) is 3.50. The minimum atomic E-state index is -2.38. The highest BCUT2D eigenvalue weighted by atomic mass is 32.1. The predicted molar refractivity (Wildman–Crippen MR) is 61.4 cm³/mol. The molecule has 0 aliphatic carbocycles. The highest BCUT2D eigenvalue weighted by Crippen LogP contribution is 2.32. The third kappa shape index (κ3) is 1.97. The van der Waals surface area contributed by atoms with Crippen molar-refractivity contribution in [3.05, 3.63) is 16.8 Å². The standard InChI is InChI=1S/C10H11F2N3S/c1-5-6(2)16-10-8(5)9(14-4-15-10)13-3-7(11)12/h4,7H,3H2,1-2H3,(H,13,14,15). The Morgan fingerprint density at radius 3 is 2.81 bits per heavy atom. The van der Waals surface area contributed by atoms with Crippen LogP contribution in [0.1, 0.15) is 10.4 Å². The van der Waals surface area contributed by atoms with Crippen molar-refractivity contribution in [2.45, 2.75) is 20.3 Å². The van der Waals surface area contributed by atoms with Crippen LogP contribution in [0.4, 0.5) is 14.6 Å². The van der Waals surface area contributed by atoms with Crippen molar-refractivity contribution >= 4 is 27.4 Å². The van der Waals surface area contributed by atoms with Crippen LogP contribution in [0, 0.1) is 13.8 Å². The van der Waals surface area contributed by atoms with Crippen molar-refractivity contribution in [3.8, 4) is 0 Å². The molecule has 3 nitrogen and oxygen atoms in total. The van der Waals surface area contributed by atoms with Crippen LogP contribution in [0.2, 0.25) is 0 Å². The van der Waals surface area contributed by atoms with E-state index in [1.54, 1.807) is 11.3 Å². The van der Waals surface area contributed by atoms with Gasteiger partial charge in [-0.3, -0.25) is 0 Å². The van der Waals surface area contributed by atoms with Gasteiger partial charge in [-0.05, 0) is 19.4 Å². The molecule has 0 fully saturated rings. The summed E-state index contributed by atoms with van der Waals surface area (Å²) in [4.78, 5) is 10.1. The maximum atomic E-state index is 12.1. The molecule has 0 saturated carbocycles. The number of aromatic nitrogens is 2. The van der Waals surface area contributed by atoms with E-state index in [1.165, 1.54) is 6.33 Å². The molecule has 16 heavy (non-hydrogen) atoms. The molecule has 1 N–H and O–H groups in total. The summed E-state index contributed by atoms with van der Waals surface area (Å²) in [5.74, 6) is 0.493. The third-order valence-corrected chi connectivity index (χ3v) is 3.50. The van der Waals surface area contributed by atoms with Gasteiger partial charge in [-0.15, -0.1) is 11.3 Å². The van der Waals surface area contributed by atoms with Crippen LogP contribution in [0.25, 0.3) is 10.2 Å². The van der Waals surface area contributed by atoms with Gasteiger partial charge in [0.2, 0.25) is 0 Å². The second-order valence-electron chi connectivity index (χ2n) is 3.46. The average molecular weight is 243 g/mol. The Bertz CT molecular complexity index is 510. The number of anilines is 1. The molecular weight excluding hydrogens is 232 g/mol. The molecule has 0 bridgehead atoms. The van der Waals surface area contributed by atoms with Crippen molar-refractivity contribution in [2.24, 2.45) is 0 Å². The Kier molecular flexibility index (Phi) is 3.00. The molecule has 0 amide bonds. The minimum Gasteiger partial charge on any atom is -0.364 e. The molecule has 0 saturated heterocycles. The lowest BCUT2D eigenvalue weighted by atomic mass is 10.2. The maximum absolute atomic E-state index is 12.1. The third-order valence-electron chi connectivity index (χ3n) is 2.39.